The summed E-state index contributed by atoms with van der Waals surface area (Å²) in [5, 5.41) is 10.4. The number of β-amino-alcohol motifs (C(OH)–C–C–N with tert-alkyl or cyclic N) is 1. The molecule has 4 nitrogen and oxygen atoms in total. The van der Waals surface area contributed by atoms with Gasteiger partial charge in [0.05, 0.1) is 12.7 Å². The van der Waals surface area contributed by atoms with Crippen molar-refractivity contribution in [3.05, 3.63) is 24.3 Å². The molecule has 0 saturated carbocycles. The minimum absolute atomic E-state index is 0.272. The van der Waals surface area contributed by atoms with E-state index < -0.39 is 5.60 Å². The summed E-state index contributed by atoms with van der Waals surface area (Å²) < 4.78 is 5.29. The van der Waals surface area contributed by atoms with Crippen LogP contribution >= 0.6 is 0 Å². The van der Waals surface area contributed by atoms with Crippen LogP contribution in [0.1, 0.15) is 20.8 Å². The summed E-state index contributed by atoms with van der Waals surface area (Å²) in [4.78, 5) is 4.74. The van der Waals surface area contributed by atoms with Crippen molar-refractivity contribution in [3.63, 3.8) is 0 Å². The Morgan fingerprint density at radius 2 is 1.90 bits per heavy atom. The topological polar surface area (TPSA) is 35.9 Å². The first-order valence-corrected chi connectivity index (χ1v) is 7.76. The van der Waals surface area contributed by atoms with E-state index in [-0.39, 0.29) is 5.92 Å². The number of methoxy groups -OCH3 is 1. The van der Waals surface area contributed by atoms with Gasteiger partial charge in [0.15, 0.2) is 0 Å². The molecule has 0 radical (unpaired) electrons. The van der Waals surface area contributed by atoms with Crippen LogP contribution in [0.15, 0.2) is 24.3 Å². The summed E-state index contributed by atoms with van der Waals surface area (Å²) in [5.41, 5.74) is 0.600. The molecule has 0 aliphatic carbocycles. The van der Waals surface area contributed by atoms with Crippen LogP contribution in [-0.4, -0.2) is 55.4 Å². The van der Waals surface area contributed by atoms with Crippen LogP contribution in [0.25, 0.3) is 0 Å². The largest absolute Gasteiger partial charge is 0.497 e. The van der Waals surface area contributed by atoms with Gasteiger partial charge < -0.3 is 14.7 Å². The predicted octanol–water partition coefficient (Wildman–Crippen LogP) is 2.22. The van der Waals surface area contributed by atoms with E-state index in [1.165, 1.54) is 5.69 Å². The average Bonchev–Trinajstić information content (AvgIpc) is 2.47. The molecule has 1 aliphatic rings. The van der Waals surface area contributed by atoms with Crippen LogP contribution in [0, 0.1) is 5.92 Å². The van der Waals surface area contributed by atoms with E-state index in [9.17, 15) is 5.11 Å². The minimum atomic E-state index is -0.613. The fourth-order valence-corrected chi connectivity index (χ4v) is 2.61. The molecule has 4 heteroatoms. The number of rotatable bonds is 5. The van der Waals surface area contributed by atoms with Crippen molar-refractivity contribution in [1.29, 1.82) is 0 Å². The molecule has 1 aliphatic heterocycles. The lowest BCUT2D eigenvalue weighted by molar-refractivity contribution is -0.0198. The van der Waals surface area contributed by atoms with Gasteiger partial charge in [0.25, 0.3) is 0 Å². The Bertz CT molecular complexity index is 452. The number of ether oxygens (including phenoxy) is 1. The summed E-state index contributed by atoms with van der Waals surface area (Å²) in [7, 11) is 1.70. The molecule has 1 heterocycles. The standard InChI is InChI=1S/C17H28N2O2/c1-14(2)17(3,20)13-18-8-10-19(11-9-18)15-6-5-7-16(12-15)21-4/h5-7,12,14,20H,8-11,13H2,1-4H3. The Balaban J connectivity index is 1.91. The molecule has 0 amide bonds. The van der Waals surface area contributed by atoms with E-state index in [1.807, 2.05) is 19.1 Å². The zero-order chi connectivity index (χ0) is 15.5. The summed E-state index contributed by atoms with van der Waals surface area (Å²) in [5.74, 6) is 1.17. The first-order valence-electron chi connectivity index (χ1n) is 7.76. The third kappa shape index (κ3) is 4.11. The lowest BCUT2D eigenvalue weighted by Crippen LogP contribution is -2.52. The van der Waals surface area contributed by atoms with Crippen LogP contribution < -0.4 is 9.64 Å². The second kappa shape index (κ2) is 6.67. The molecule has 1 atom stereocenters. The second-order valence-corrected chi connectivity index (χ2v) is 6.48. The zero-order valence-corrected chi connectivity index (χ0v) is 13.7. The van der Waals surface area contributed by atoms with Gasteiger partial charge in [-0.25, -0.2) is 0 Å². The van der Waals surface area contributed by atoms with Gasteiger partial charge in [0, 0.05) is 44.5 Å². The van der Waals surface area contributed by atoms with E-state index in [2.05, 4.69) is 35.8 Å². The minimum Gasteiger partial charge on any atom is -0.497 e. The van der Waals surface area contributed by atoms with Crippen LogP contribution in [0.4, 0.5) is 5.69 Å². The fourth-order valence-electron chi connectivity index (χ4n) is 2.61. The maximum absolute atomic E-state index is 10.4. The quantitative estimate of drug-likeness (QED) is 0.903. The van der Waals surface area contributed by atoms with Crippen LogP contribution in [0.5, 0.6) is 5.75 Å². The molecule has 0 bridgehead atoms. The van der Waals surface area contributed by atoms with Gasteiger partial charge in [0.1, 0.15) is 5.75 Å². The van der Waals surface area contributed by atoms with Crippen molar-refractivity contribution >= 4 is 5.69 Å². The smallest absolute Gasteiger partial charge is 0.120 e. The molecule has 1 aromatic carbocycles. The Kier molecular flexibility index (Phi) is 5.12. The van der Waals surface area contributed by atoms with E-state index >= 15 is 0 Å². The van der Waals surface area contributed by atoms with Gasteiger partial charge in [-0.15, -0.1) is 0 Å². The van der Waals surface area contributed by atoms with E-state index in [1.54, 1.807) is 7.11 Å². The summed E-state index contributed by atoms with van der Waals surface area (Å²) >= 11 is 0. The molecule has 1 saturated heterocycles. The Morgan fingerprint density at radius 3 is 2.48 bits per heavy atom. The molecule has 118 valence electrons. The lowest BCUT2D eigenvalue weighted by atomic mass is 9.92. The molecule has 1 N–H and O–H groups in total. The normalized spacial score (nSPS) is 19.6. The first kappa shape index (κ1) is 16.1. The SMILES string of the molecule is COc1cccc(N2CCN(CC(C)(O)C(C)C)CC2)c1. The van der Waals surface area contributed by atoms with Gasteiger partial charge in [0.2, 0.25) is 0 Å². The number of piperazine rings is 1. The molecule has 2 rings (SSSR count). The number of nitrogens with zero attached hydrogens (tertiary/aromatic N) is 2. The predicted molar refractivity (Wildman–Crippen MR) is 87.1 cm³/mol. The van der Waals surface area contributed by atoms with Gasteiger partial charge in [-0.3, -0.25) is 4.90 Å². The molecule has 21 heavy (non-hydrogen) atoms. The highest BCUT2D eigenvalue weighted by atomic mass is 16.5. The maximum atomic E-state index is 10.4. The Hall–Kier alpha value is -1.26. The highest BCUT2D eigenvalue weighted by Gasteiger charge is 2.29. The zero-order valence-electron chi connectivity index (χ0n) is 13.7. The van der Waals surface area contributed by atoms with Crippen molar-refractivity contribution < 1.29 is 9.84 Å². The second-order valence-electron chi connectivity index (χ2n) is 6.48. The van der Waals surface area contributed by atoms with Gasteiger partial charge in [-0.1, -0.05) is 19.9 Å². The number of anilines is 1. The maximum Gasteiger partial charge on any atom is 0.120 e. The van der Waals surface area contributed by atoms with Crippen LogP contribution in [0.3, 0.4) is 0 Å². The highest BCUT2D eigenvalue weighted by molar-refractivity contribution is 5.51. The van der Waals surface area contributed by atoms with Crippen molar-refractivity contribution in [2.24, 2.45) is 5.92 Å². The summed E-state index contributed by atoms with van der Waals surface area (Å²) in [6, 6.07) is 8.21. The monoisotopic (exact) mass is 292 g/mol. The molecule has 1 unspecified atom stereocenters. The first-order chi connectivity index (χ1) is 9.92. The summed E-state index contributed by atoms with van der Waals surface area (Å²) in [6.07, 6.45) is 0. The van der Waals surface area contributed by atoms with E-state index in [0.717, 1.165) is 38.5 Å². The molecule has 0 aromatic heterocycles. The number of aliphatic hydroxyl groups is 1. The van der Waals surface area contributed by atoms with E-state index in [0.29, 0.717) is 0 Å². The van der Waals surface area contributed by atoms with Crippen molar-refractivity contribution in [2.45, 2.75) is 26.4 Å². The molecule has 0 spiro atoms. The molecule has 1 fully saturated rings. The van der Waals surface area contributed by atoms with Crippen molar-refractivity contribution in [2.75, 3.05) is 44.7 Å². The van der Waals surface area contributed by atoms with Gasteiger partial charge in [-0.05, 0) is 25.0 Å². The summed E-state index contributed by atoms with van der Waals surface area (Å²) in [6.45, 7) is 10.8. The van der Waals surface area contributed by atoms with Crippen molar-refractivity contribution in [3.8, 4) is 5.75 Å². The lowest BCUT2D eigenvalue weighted by Gasteiger charge is -2.40. The third-order valence-electron chi connectivity index (χ3n) is 4.58. The fraction of sp³-hybridized carbons (Fsp3) is 0.647. The van der Waals surface area contributed by atoms with E-state index in [4.69, 9.17) is 4.74 Å². The van der Waals surface area contributed by atoms with Gasteiger partial charge >= 0.3 is 0 Å². The number of benzene rings is 1. The Morgan fingerprint density at radius 1 is 1.24 bits per heavy atom. The number of hydrogen-bond donors (Lipinski definition) is 1. The molecule has 1 aromatic rings. The molecular formula is C17H28N2O2. The molecular weight excluding hydrogens is 264 g/mol. The Labute approximate surface area is 128 Å². The number of hydrogen-bond acceptors (Lipinski definition) is 4. The van der Waals surface area contributed by atoms with Gasteiger partial charge in [-0.2, -0.15) is 0 Å². The van der Waals surface area contributed by atoms with Crippen LogP contribution in [0.2, 0.25) is 0 Å². The van der Waals surface area contributed by atoms with Crippen LogP contribution in [-0.2, 0) is 0 Å². The average molecular weight is 292 g/mol. The highest BCUT2D eigenvalue weighted by Crippen LogP contribution is 2.23. The van der Waals surface area contributed by atoms with Crippen molar-refractivity contribution in [1.82, 2.24) is 4.90 Å². The third-order valence-corrected chi connectivity index (χ3v) is 4.58.